The number of anilines is 1. The first-order chi connectivity index (χ1) is 8.81. The first-order valence-electron chi connectivity index (χ1n) is 5.68. The molecule has 18 heavy (non-hydrogen) atoms. The van der Waals surface area contributed by atoms with E-state index in [0.717, 1.165) is 5.56 Å². The van der Waals surface area contributed by atoms with Crippen LogP contribution in [0, 0.1) is 0 Å². The molecule has 0 amide bonds. The second kappa shape index (κ2) is 6.13. The lowest BCUT2D eigenvalue weighted by atomic mass is 10.1. The second-order valence-corrected chi connectivity index (χ2v) is 3.75. The summed E-state index contributed by atoms with van der Waals surface area (Å²) in [6.07, 6.45) is 0. The van der Waals surface area contributed by atoms with Gasteiger partial charge in [0.1, 0.15) is 6.04 Å². The number of hydrogen-bond donors (Lipinski definition) is 2. The lowest BCUT2D eigenvalue weighted by Gasteiger charge is -2.06. The van der Waals surface area contributed by atoms with Crippen molar-refractivity contribution in [1.29, 1.82) is 0 Å². The van der Waals surface area contributed by atoms with Gasteiger partial charge in [0.2, 0.25) is 5.89 Å². The van der Waals surface area contributed by atoms with Gasteiger partial charge >= 0.3 is 6.01 Å². The van der Waals surface area contributed by atoms with Gasteiger partial charge in [-0.2, -0.15) is 0 Å². The normalized spacial score (nSPS) is 12.3. The molecule has 3 N–H and O–H groups in total. The zero-order chi connectivity index (χ0) is 12.8. The van der Waals surface area contributed by atoms with Gasteiger partial charge in [0.25, 0.3) is 0 Å². The molecular formula is C12H16N4O2. The molecule has 1 heterocycles. The molecular weight excluding hydrogens is 232 g/mol. The Kier molecular flexibility index (Phi) is 4.27. The van der Waals surface area contributed by atoms with Gasteiger partial charge in [-0.15, -0.1) is 5.10 Å². The Morgan fingerprint density at radius 3 is 2.83 bits per heavy atom. The second-order valence-electron chi connectivity index (χ2n) is 3.75. The van der Waals surface area contributed by atoms with Gasteiger partial charge in [-0.05, 0) is 5.56 Å². The van der Waals surface area contributed by atoms with Gasteiger partial charge in [0.05, 0.1) is 6.61 Å². The average molecular weight is 248 g/mol. The van der Waals surface area contributed by atoms with Crippen LogP contribution in [-0.4, -0.2) is 30.5 Å². The minimum absolute atomic E-state index is 0.355. The van der Waals surface area contributed by atoms with E-state index in [1.54, 1.807) is 7.11 Å². The maximum absolute atomic E-state index is 6.04. The largest absolute Gasteiger partial charge is 0.406 e. The number of benzene rings is 1. The summed E-state index contributed by atoms with van der Waals surface area (Å²) in [5.41, 5.74) is 6.97. The third kappa shape index (κ3) is 3.06. The summed E-state index contributed by atoms with van der Waals surface area (Å²) in [6.45, 7) is 1.18. The number of hydrogen-bond acceptors (Lipinski definition) is 6. The molecule has 96 valence electrons. The summed E-state index contributed by atoms with van der Waals surface area (Å²) >= 11 is 0. The molecule has 6 heteroatoms. The number of aromatic nitrogens is 2. The van der Waals surface area contributed by atoms with Crippen molar-refractivity contribution in [2.24, 2.45) is 5.73 Å². The van der Waals surface area contributed by atoms with Crippen molar-refractivity contribution in [3.05, 3.63) is 41.8 Å². The molecule has 0 bridgehead atoms. The number of rotatable bonds is 6. The summed E-state index contributed by atoms with van der Waals surface area (Å²) in [6, 6.07) is 9.57. The van der Waals surface area contributed by atoms with Crippen molar-refractivity contribution in [2.75, 3.05) is 25.6 Å². The van der Waals surface area contributed by atoms with E-state index in [-0.39, 0.29) is 0 Å². The van der Waals surface area contributed by atoms with E-state index < -0.39 is 6.04 Å². The molecule has 1 aromatic carbocycles. The quantitative estimate of drug-likeness (QED) is 0.746. The third-order valence-electron chi connectivity index (χ3n) is 2.45. The summed E-state index contributed by atoms with van der Waals surface area (Å²) < 4.78 is 10.3. The maximum Gasteiger partial charge on any atom is 0.315 e. The van der Waals surface area contributed by atoms with Crippen LogP contribution in [0.1, 0.15) is 17.5 Å². The Bertz CT molecular complexity index is 472. The van der Waals surface area contributed by atoms with Gasteiger partial charge in [-0.25, -0.2) is 0 Å². The number of nitrogens with one attached hydrogen (secondary N) is 1. The molecule has 1 aromatic heterocycles. The Morgan fingerprint density at radius 2 is 2.11 bits per heavy atom. The number of nitrogens with zero attached hydrogens (tertiary/aromatic N) is 2. The fourth-order valence-corrected chi connectivity index (χ4v) is 1.49. The Labute approximate surface area is 105 Å². The van der Waals surface area contributed by atoms with Gasteiger partial charge in [-0.1, -0.05) is 35.4 Å². The third-order valence-corrected chi connectivity index (χ3v) is 2.45. The predicted molar refractivity (Wildman–Crippen MR) is 67.1 cm³/mol. The Hall–Kier alpha value is -1.92. The van der Waals surface area contributed by atoms with Crippen LogP contribution in [0.3, 0.4) is 0 Å². The van der Waals surface area contributed by atoms with Crippen molar-refractivity contribution in [1.82, 2.24) is 10.2 Å². The van der Waals surface area contributed by atoms with Crippen molar-refractivity contribution in [2.45, 2.75) is 6.04 Å². The van der Waals surface area contributed by atoms with Crippen molar-refractivity contribution in [3.63, 3.8) is 0 Å². The monoisotopic (exact) mass is 248 g/mol. The van der Waals surface area contributed by atoms with Crippen LogP contribution in [0.5, 0.6) is 0 Å². The van der Waals surface area contributed by atoms with Gasteiger partial charge < -0.3 is 20.2 Å². The molecule has 1 unspecified atom stereocenters. The molecule has 0 saturated carbocycles. The molecule has 1 atom stereocenters. The van der Waals surface area contributed by atoms with Gasteiger partial charge in [0.15, 0.2) is 0 Å². The van der Waals surface area contributed by atoms with Crippen LogP contribution in [0.2, 0.25) is 0 Å². The van der Waals surface area contributed by atoms with Crippen LogP contribution >= 0.6 is 0 Å². The molecule has 2 aromatic rings. The summed E-state index contributed by atoms with van der Waals surface area (Å²) in [5.74, 6) is 0.390. The van der Waals surface area contributed by atoms with Crippen LogP contribution < -0.4 is 11.1 Å². The van der Waals surface area contributed by atoms with Crippen molar-refractivity contribution >= 4 is 6.01 Å². The molecule has 6 nitrogen and oxygen atoms in total. The fourth-order valence-electron chi connectivity index (χ4n) is 1.49. The van der Waals surface area contributed by atoms with Gasteiger partial charge in [0, 0.05) is 13.7 Å². The first-order valence-corrected chi connectivity index (χ1v) is 5.68. The molecule has 0 fully saturated rings. The number of ether oxygens (including phenoxy) is 1. The Balaban J connectivity index is 2.01. The zero-order valence-electron chi connectivity index (χ0n) is 10.2. The molecule has 0 spiro atoms. The van der Waals surface area contributed by atoms with Crippen LogP contribution in [-0.2, 0) is 4.74 Å². The molecule has 2 rings (SSSR count). The highest BCUT2D eigenvalue weighted by atomic mass is 16.5. The van der Waals surface area contributed by atoms with E-state index in [1.807, 2.05) is 30.3 Å². The molecule has 0 aliphatic rings. The summed E-state index contributed by atoms with van der Waals surface area (Å²) in [4.78, 5) is 0. The highest BCUT2D eigenvalue weighted by Crippen LogP contribution is 2.19. The molecule has 0 aliphatic carbocycles. The number of nitrogens with two attached hydrogens (primary N) is 1. The molecule has 0 aliphatic heterocycles. The first kappa shape index (κ1) is 12.5. The highest BCUT2D eigenvalue weighted by molar-refractivity contribution is 5.25. The minimum Gasteiger partial charge on any atom is -0.406 e. The van der Waals surface area contributed by atoms with Crippen LogP contribution in [0.15, 0.2) is 34.7 Å². The topological polar surface area (TPSA) is 86.2 Å². The molecule has 0 saturated heterocycles. The fraction of sp³-hybridized carbons (Fsp3) is 0.333. The van der Waals surface area contributed by atoms with Crippen molar-refractivity contribution < 1.29 is 9.15 Å². The average Bonchev–Trinajstić information content (AvgIpc) is 2.88. The van der Waals surface area contributed by atoms with Gasteiger partial charge in [-0.3, -0.25) is 0 Å². The lowest BCUT2D eigenvalue weighted by Crippen LogP contribution is -2.12. The van der Waals surface area contributed by atoms with Crippen LogP contribution in [0.4, 0.5) is 6.01 Å². The number of methoxy groups -OCH3 is 1. The predicted octanol–water partition coefficient (Wildman–Crippen LogP) is 1.18. The van der Waals surface area contributed by atoms with Crippen LogP contribution in [0.25, 0.3) is 0 Å². The maximum atomic E-state index is 6.04. The SMILES string of the molecule is COCCNc1nnc(C(N)c2ccccc2)o1. The highest BCUT2D eigenvalue weighted by Gasteiger charge is 2.15. The van der Waals surface area contributed by atoms with E-state index in [2.05, 4.69) is 15.5 Å². The minimum atomic E-state index is -0.406. The Morgan fingerprint density at radius 1 is 1.33 bits per heavy atom. The van der Waals surface area contributed by atoms with E-state index in [1.165, 1.54) is 0 Å². The zero-order valence-corrected chi connectivity index (χ0v) is 10.2. The smallest absolute Gasteiger partial charge is 0.315 e. The lowest BCUT2D eigenvalue weighted by molar-refractivity contribution is 0.210. The van der Waals surface area contributed by atoms with E-state index in [9.17, 15) is 0 Å². The summed E-state index contributed by atoms with van der Waals surface area (Å²) in [7, 11) is 1.63. The van der Waals surface area contributed by atoms with E-state index >= 15 is 0 Å². The van der Waals surface area contributed by atoms with E-state index in [4.69, 9.17) is 14.9 Å². The molecule has 0 radical (unpaired) electrons. The van der Waals surface area contributed by atoms with Crippen molar-refractivity contribution in [3.8, 4) is 0 Å². The summed E-state index contributed by atoms with van der Waals surface area (Å²) in [5, 5.41) is 10.7. The standard InChI is InChI=1S/C12H16N4O2/c1-17-8-7-14-12-16-15-11(18-12)10(13)9-5-3-2-4-6-9/h2-6,10H,7-8,13H2,1H3,(H,14,16). The van der Waals surface area contributed by atoms with E-state index in [0.29, 0.717) is 25.1 Å².